The molecule has 5 nitrogen and oxygen atoms in total. The summed E-state index contributed by atoms with van der Waals surface area (Å²) < 4.78 is 50.8. The van der Waals surface area contributed by atoms with E-state index in [9.17, 15) is 17.6 Å². The van der Waals surface area contributed by atoms with Crippen LogP contribution in [0.2, 0.25) is 5.02 Å². The fraction of sp³-hybridized carbons (Fsp3) is 0.364. The number of halogens is 5. The van der Waals surface area contributed by atoms with E-state index in [4.69, 9.17) is 11.6 Å². The summed E-state index contributed by atoms with van der Waals surface area (Å²) in [5, 5.41) is 10.0. The second kappa shape index (κ2) is 5.84. The van der Waals surface area contributed by atoms with Crippen molar-refractivity contribution < 1.29 is 17.6 Å². The molecule has 0 N–H and O–H groups in total. The molecule has 0 bridgehead atoms. The summed E-state index contributed by atoms with van der Waals surface area (Å²) in [5.74, 6) is -0.536. The number of tetrazole rings is 1. The molecule has 0 saturated heterocycles. The van der Waals surface area contributed by atoms with Crippen molar-refractivity contribution >= 4 is 17.3 Å². The average molecular weight is 324 g/mol. The largest absolute Gasteiger partial charge is 0.408 e. The minimum Gasteiger partial charge on any atom is -0.367 e. The van der Waals surface area contributed by atoms with Gasteiger partial charge in [-0.05, 0) is 28.6 Å². The van der Waals surface area contributed by atoms with Crippen LogP contribution < -0.4 is 4.90 Å². The first-order valence-electron chi connectivity index (χ1n) is 5.74. The van der Waals surface area contributed by atoms with Gasteiger partial charge in [0.2, 0.25) is 0 Å². The van der Waals surface area contributed by atoms with Crippen LogP contribution in [0.1, 0.15) is 5.82 Å². The van der Waals surface area contributed by atoms with Gasteiger partial charge in [-0.15, -0.1) is 5.10 Å². The van der Waals surface area contributed by atoms with Gasteiger partial charge in [0, 0.05) is 12.7 Å². The van der Waals surface area contributed by atoms with Crippen LogP contribution in [-0.4, -0.2) is 33.4 Å². The summed E-state index contributed by atoms with van der Waals surface area (Å²) in [5.41, 5.74) is 0.531. The van der Waals surface area contributed by atoms with Crippen molar-refractivity contribution in [2.45, 2.75) is 19.3 Å². The lowest BCUT2D eigenvalue weighted by Crippen LogP contribution is -2.24. The van der Waals surface area contributed by atoms with Crippen LogP contribution in [0.5, 0.6) is 0 Å². The molecule has 1 heterocycles. The second-order valence-electron chi connectivity index (χ2n) is 4.32. The molecule has 21 heavy (non-hydrogen) atoms. The van der Waals surface area contributed by atoms with Gasteiger partial charge >= 0.3 is 6.18 Å². The zero-order valence-electron chi connectivity index (χ0n) is 10.8. The van der Waals surface area contributed by atoms with Crippen LogP contribution in [0, 0.1) is 5.82 Å². The monoisotopic (exact) mass is 323 g/mol. The maximum atomic E-state index is 13.1. The average Bonchev–Trinajstić information content (AvgIpc) is 2.77. The lowest BCUT2D eigenvalue weighted by Gasteiger charge is -2.19. The van der Waals surface area contributed by atoms with Gasteiger partial charge in [-0.25, -0.2) is 9.07 Å². The van der Waals surface area contributed by atoms with Crippen LogP contribution in [0.25, 0.3) is 0 Å². The summed E-state index contributed by atoms with van der Waals surface area (Å²) >= 11 is 5.66. The zero-order chi connectivity index (χ0) is 15.6. The molecule has 0 aliphatic rings. The Bertz CT molecular complexity index is 627. The van der Waals surface area contributed by atoms with Crippen LogP contribution in [0.15, 0.2) is 18.2 Å². The quantitative estimate of drug-likeness (QED) is 0.812. The Labute approximate surface area is 122 Å². The van der Waals surface area contributed by atoms with E-state index in [0.717, 1.165) is 0 Å². The van der Waals surface area contributed by atoms with Gasteiger partial charge in [0.1, 0.15) is 12.4 Å². The smallest absolute Gasteiger partial charge is 0.367 e. The van der Waals surface area contributed by atoms with Gasteiger partial charge < -0.3 is 4.90 Å². The first-order chi connectivity index (χ1) is 9.76. The van der Waals surface area contributed by atoms with Crippen molar-refractivity contribution in [2.75, 3.05) is 11.9 Å². The summed E-state index contributed by atoms with van der Waals surface area (Å²) in [4.78, 5) is 1.56. The fourth-order valence-electron chi connectivity index (χ4n) is 1.65. The number of hydrogen-bond donors (Lipinski definition) is 0. The Morgan fingerprint density at radius 1 is 1.33 bits per heavy atom. The lowest BCUT2D eigenvalue weighted by molar-refractivity contribution is -0.143. The molecule has 114 valence electrons. The van der Waals surface area contributed by atoms with Crippen molar-refractivity contribution in [3.8, 4) is 0 Å². The molecular formula is C11H10ClF4N5. The van der Waals surface area contributed by atoms with Gasteiger partial charge in [-0.1, -0.05) is 11.6 Å². The molecule has 0 atom stereocenters. The number of anilines is 1. The molecule has 0 fully saturated rings. The highest BCUT2D eigenvalue weighted by Crippen LogP contribution is 2.23. The number of hydrogen-bond acceptors (Lipinski definition) is 4. The second-order valence-corrected chi connectivity index (χ2v) is 4.73. The highest BCUT2D eigenvalue weighted by atomic mass is 35.5. The molecule has 0 spiro atoms. The zero-order valence-corrected chi connectivity index (χ0v) is 11.5. The van der Waals surface area contributed by atoms with Crippen LogP contribution >= 0.6 is 11.6 Å². The first kappa shape index (κ1) is 15.5. The van der Waals surface area contributed by atoms with Gasteiger partial charge in [-0.3, -0.25) is 0 Å². The first-order valence-corrected chi connectivity index (χ1v) is 6.12. The molecule has 1 aromatic heterocycles. The van der Waals surface area contributed by atoms with E-state index in [1.807, 2.05) is 0 Å². The van der Waals surface area contributed by atoms with Crippen LogP contribution in [-0.2, 0) is 13.1 Å². The van der Waals surface area contributed by atoms with E-state index >= 15 is 0 Å². The Kier molecular flexibility index (Phi) is 4.31. The molecule has 0 amide bonds. The van der Waals surface area contributed by atoms with E-state index in [1.54, 1.807) is 11.9 Å². The van der Waals surface area contributed by atoms with Gasteiger partial charge in [-0.2, -0.15) is 13.2 Å². The highest BCUT2D eigenvalue weighted by molar-refractivity contribution is 6.31. The Balaban J connectivity index is 2.14. The number of aromatic nitrogens is 4. The van der Waals surface area contributed by atoms with Crippen LogP contribution in [0.4, 0.5) is 23.2 Å². The molecule has 0 aliphatic heterocycles. The van der Waals surface area contributed by atoms with Crippen molar-refractivity contribution in [3.63, 3.8) is 0 Å². The molecule has 0 radical (unpaired) electrons. The molecule has 1 aromatic carbocycles. The maximum absolute atomic E-state index is 13.1. The summed E-state index contributed by atoms with van der Waals surface area (Å²) in [6.45, 7) is -1.25. The number of nitrogens with zero attached hydrogens (tertiary/aromatic N) is 5. The topological polar surface area (TPSA) is 46.8 Å². The third-order valence-corrected chi connectivity index (χ3v) is 2.95. The lowest BCUT2D eigenvalue weighted by atomic mass is 10.3. The minimum atomic E-state index is -4.41. The number of rotatable bonds is 4. The standard InChI is InChI=1S/C11H10ClF4N5/c1-20(7-2-3-9(13)8(12)4-7)5-10-17-18-19-21(10)6-11(14,15)16/h2-4H,5-6H2,1H3. The number of alkyl halides is 3. The third kappa shape index (κ3) is 4.03. The van der Waals surface area contributed by atoms with E-state index in [0.29, 0.717) is 10.4 Å². The molecule has 0 unspecified atom stereocenters. The number of benzene rings is 1. The Morgan fingerprint density at radius 2 is 2.05 bits per heavy atom. The minimum absolute atomic E-state index is 0.0189. The SMILES string of the molecule is CN(Cc1nnnn1CC(F)(F)F)c1ccc(F)c(Cl)c1. The van der Waals surface area contributed by atoms with Crippen molar-refractivity contribution in [3.05, 3.63) is 34.9 Å². The van der Waals surface area contributed by atoms with Crippen molar-refractivity contribution in [2.24, 2.45) is 0 Å². The molecule has 10 heteroatoms. The van der Waals surface area contributed by atoms with Gasteiger partial charge in [0.25, 0.3) is 0 Å². The summed E-state index contributed by atoms with van der Waals surface area (Å²) in [6.07, 6.45) is -4.41. The Morgan fingerprint density at radius 3 is 2.67 bits per heavy atom. The summed E-state index contributed by atoms with van der Waals surface area (Å²) in [7, 11) is 1.61. The Hall–Kier alpha value is -1.90. The predicted octanol–water partition coefficient (Wildman–Crippen LogP) is 2.66. The van der Waals surface area contributed by atoms with E-state index in [1.165, 1.54) is 18.2 Å². The van der Waals surface area contributed by atoms with Gasteiger partial charge in [0.05, 0.1) is 11.6 Å². The van der Waals surface area contributed by atoms with E-state index in [-0.39, 0.29) is 17.4 Å². The molecule has 0 saturated carbocycles. The summed E-state index contributed by atoms with van der Waals surface area (Å²) in [6, 6.07) is 4.00. The van der Waals surface area contributed by atoms with Crippen molar-refractivity contribution in [1.82, 2.24) is 20.2 Å². The normalized spacial score (nSPS) is 11.7. The van der Waals surface area contributed by atoms with E-state index < -0.39 is 18.5 Å². The van der Waals surface area contributed by atoms with Gasteiger partial charge in [0.15, 0.2) is 5.82 Å². The molecular weight excluding hydrogens is 314 g/mol. The fourth-order valence-corrected chi connectivity index (χ4v) is 1.83. The highest BCUT2D eigenvalue weighted by Gasteiger charge is 2.30. The third-order valence-electron chi connectivity index (χ3n) is 2.66. The molecule has 2 rings (SSSR count). The maximum Gasteiger partial charge on any atom is 0.408 e. The molecule has 0 aliphatic carbocycles. The molecule has 2 aromatic rings. The predicted molar refractivity (Wildman–Crippen MR) is 67.4 cm³/mol. The van der Waals surface area contributed by atoms with E-state index in [2.05, 4.69) is 15.5 Å². The van der Waals surface area contributed by atoms with Crippen LogP contribution in [0.3, 0.4) is 0 Å². The van der Waals surface area contributed by atoms with Crippen molar-refractivity contribution in [1.29, 1.82) is 0 Å².